The van der Waals surface area contributed by atoms with Crippen LogP contribution >= 0.6 is 11.8 Å². The number of benzene rings is 3. The molecule has 3 aromatic carbocycles. The Balaban J connectivity index is 1.41. The van der Waals surface area contributed by atoms with E-state index in [1.165, 1.54) is 12.1 Å². The van der Waals surface area contributed by atoms with Gasteiger partial charge in [-0.25, -0.2) is 4.99 Å². The number of thioether (sulfide) groups is 1. The molecule has 0 saturated heterocycles. The molecule has 4 nitrogen and oxygen atoms in total. The van der Waals surface area contributed by atoms with Crippen LogP contribution in [-0.4, -0.2) is 23.3 Å². The van der Waals surface area contributed by atoms with Crippen LogP contribution in [0.15, 0.2) is 106 Å². The first-order valence-electron chi connectivity index (χ1n) is 12.8. The summed E-state index contributed by atoms with van der Waals surface area (Å²) in [4.78, 5) is 7.35. The van der Waals surface area contributed by atoms with Crippen LogP contribution in [0.4, 0.5) is 17.6 Å². The van der Waals surface area contributed by atoms with Crippen molar-refractivity contribution in [1.82, 2.24) is 4.90 Å². The van der Waals surface area contributed by atoms with Gasteiger partial charge in [0.15, 0.2) is 5.17 Å². The molecule has 1 unspecified atom stereocenters. The van der Waals surface area contributed by atoms with Gasteiger partial charge in [-0.15, -0.1) is 0 Å². The fourth-order valence-corrected chi connectivity index (χ4v) is 6.24. The fraction of sp³-hybridized carbons (Fsp3) is 0.194. The van der Waals surface area contributed by atoms with Gasteiger partial charge >= 0.3 is 13.2 Å². The topological polar surface area (TPSA) is 34.1 Å². The number of hydrogen-bond donors (Lipinski definition) is 0. The molecule has 0 bridgehead atoms. The SMILES string of the molecule is FC(F)Oc1ccc(C=C2CCCC3=C2N=C2SC=C(c4ccccc4)N2C3c2ccc(OC(F)F)cc2)cc1. The molecule has 0 radical (unpaired) electrons. The van der Waals surface area contributed by atoms with Crippen molar-refractivity contribution in [3.8, 4) is 11.5 Å². The van der Waals surface area contributed by atoms with Gasteiger partial charge in [-0.2, -0.15) is 17.6 Å². The summed E-state index contributed by atoms with van der Waals surface area (Å²) in [7, 11) is 0. The maximum atomic E-state index is 12.8. The molecule has 0 amide bonds. The molecule has 3 aliphatic rings. The molecule has 0 fully saturated rings. The van der Waals surface area contributed by atoms with Gasteiger partial charge < -0.3 is 14.4 Å². The number of aliphatic imine (C=N–C) groups is 1. The van der Waals surface area contributed by atoms with E-state index in [0.29, 0.717) is 0 Å². The van der Waals surface area contributed by atoms with Crippen molar-refractivity contribution < 1.29 is 27.0 Å². The molecule has 1 atom stereocenters. The predicted octanol–water partition coefficient (Wildman–Crippen LogP) is 8.87. The highest BCUT2D eigenvalue weighted by atomic mass is 32.2. The van der Waals surface area contributed by atoms with Gasteiger partial charge in [-0.05, 0) is 77.4 Å². The largest absolute Gasteiger partial charge is 0.435 e. The average molecular weight is 565 g/mol. The summed E-state index contributed by atoms with van der Waals surface area (Å²) in [5.74, 6) is 0.214. The Labute approximate surface area is 233 Å². The van der Waals surface area contributed by atoms with Gasteiger partial charge in [0.2, 0.25) is 0 Å². The number of allylic oxidation sites excluding steroid dienone is 1. The van der Waals surface area contributed by atoms with E-state index in [1.54, 1.807) is 36.0 Å². The minimum absolute atomic E-state index is 0.107. The molecule has 6 rings (SSSR count). The number of fused-ring (bicyclic) bond motifs is 1. The summed E-state index contributed by atoms with van der Waals surface area (Å²) >= 11 is 1.55. The van der Waals surface area contributed by atoms with Crippen LogP contribution in [-0.2, 0) is 0 Å². The molecule has 0 aromatic heterocycles. The summed E-state index contributed by atoms with van der Waals surface area (Å²) in [5, 5.41) is 2.93. The van der Waals surface area contributed by atoms with Crippen molar-refractivity contribution in [1.29, 1.82) is 0 Å². The molecule has 2 heterocycles. The quantitative estimate of drug-likeness (QED) is 0.269. The molecular weight excluding hydrogens is 540 g/mol. The van der Waals surface area contributed by atoms with Crippen molar-refractivity contribution in [2.75, 3.05) is 0 Å². The third-order valence-electron chi connectivity index (χ3n) is 6.97. The van der Waals surface area contributed by atoms with Gasteiger partial charge in [0.05, 0.1) is 17.4 Å². The van der Waals surface area contributed by atoms with Crippen molar-refractivity contribution in [3.63, 3.8) is 0 Å². The van der Waals surface area contributed by atoms with E-state index in [-0.39, 0.29) is 17.5 Å². The average Bonchev–Trinajstić information content (AvgIpc) is 3.37. The van der Waals surface area contributed by atoms with Crippen LogP contribution < -0.4 is 9.47 Å². The van der Waals surface area contributed by atoms with Crippen molar-refractivity contribution in [2.24, 2.45) is 4.99 Å². The fourth-order valence-electron chi connectivity index (χ4n) is 5.31. The summed E-state index contributed by atoms with van der Waals surface area (Å²) in [5.41, 5.74) is 7.02. The van der Waals surface area contributed by atoms with Gasteiger partial charge in [-0.1, -0.05) is 66.4 Å². The zero-order chi connectivity index (χ0) is 27.6. The van der Waals surface area contributed by atoms with Gasteiger partial charge in [0, 0.05) is 5.41 Å². The Hall–Kier alpha value is -3.98. The standard InChI is InChI=1S/C31H24F4N2O2S/c32-29(33)38-23-13-9-19(10-14-23)17-22-7-4-8-25-27(22)36-31-37(26(18-40-31)20-5-2-1-3-6-20)28(25)21-11-15-24(16-12-21)39-30(34)35/h1-3,5-6,9-18,28-30H,4,7-8H2. The van der Waals surface area contributed by atoms with E-state index in [9.17, 15) is 17.6 Å². The predicted molar refractivity (Wildman–Crippen MR) is 149 cm³/mol. The highest BCUT2D eigenvalue weighted by molar-refractivity contribution is 8.16. The maximum Gasteiger partial charge on any atom is 0.387 e. The van der Waals surface area contributed by atoms with E-state index in [0.717, 1.165) is 63.7 Å². The van der Waals surface area contributed by atoms with Crippen LogP contribution in [0, 0.1) is 0 Å². The van der Waals surface area contributed by atoms with Crippen LogP contribution in [0.3, 0.4) is 0 Å². The second-order valence-corrected chi connectivity index (χ2v) is 10.3. The van der Waals surface area contributed by atoms with E-state index < -0.39 is 13.2 Å². The molecule has 40 heavy (non-hydrogen) atoms. The number of nitrogens with zero attached hydrogens (tertiary/aromatic N) is 2. The third kappa shape index (κ3) is 5.38. The van der Waals surface area contributed by atoms with Crippen molar-refractivity contribution >= 4 is 28.7 Å². The number of amidine groups is 1. The number of alkyl halides is 4. The van der Waals surface area contributed by atoms with Crippen LogP contribution in [0.5, 0.6) is 11.5 Å². The zero-order valence-corrected chi connectivity index (χ0v) is 22.0. The molecule has 1 aliphatic carbocycles. The Morgan fingerprint density at radius 2 is 1.48 bits per heavy atom. The van der Waals surface area contributed by atoms with E-state index >= 15 is 0 Å². The lowest BCUT2D eigenvalue weighted by molar-refractivity contribution is -0.0505. The molecule has 2 aliphatic heterocycles. The lowest BCUT2D eigenvalue weighted by Crippen LogP contribution is -2.34. The molecule has 9 heteroatoms. The summed E-state index contributed by atoms with van der Waals surface area (Å²) < 4.78 is 59.8. The monoisotopic (exact) mass is 564 g/mol. The first-order valence-corrected chi connectivity index (χ1v) is 13.7. The first-order chi connectivity index (χ1) is 19.5. The van der Waals surface area contributed by atoms with Gasteiger partial charge in [0.25, 0.3) is 0 Å². The Morgan fingerprint density at radius 3 is 2.12 bits per heavy atom. The Kier molecular flexibility index (Phi) is 7.38. The second kappa shape index (κ2) is 11.3. The summed E-state index contributed by atoms with van der Waals surface area (Å²) in [6.07, 6.45) is 4.61. The van der Waals surface area contributed by atoms with E-state index in [4.69, 9.17) is 4.99 Å². The Morgan fingerprint density at radius 1 is 0.825 bits per heavy atom. The van der Waals surface area contributed by atoms with Crippen molar-refractivity contribution in [2.45, 2.75) is 38.5 Å². The second-order valence-electron chi connectivity index (χ2n) is 9.45. The zero-order valence-electron chi connectivity index (χ0n) is 21.1. The van der Waals surface area contributed by atoms with Gasteiger partial charge in [-0.3, -0.25) is 0 Å². The maximum absolute atomic E-state index is 12.8. The number of hydrogen-bond acceptors (Lipinski definition) is 5. The number of halogens is 4. The van der Waals surface area contributed by atoms with E-state index in [2.05, 4.69) is 31.9 Å². The summed E-state index contributed by atoms with van der Waals surface area (Å²) in [6.45, 7) is -5.76. The molecule has 0 saturated carbocycles. The number of rotatable bonds is 7. The van der Waals surface area contributed by atoms with Crippen molar-refractivity contribution in [3.05, 3.63) is 118 Å². The van der Waals surface area contributed by atoms with Crippen LogP contribution in [0.1, 0.15) is 42.0 Å². The van der Waals surface area contributed by atoms with Crippen LogP contribution in [0.2, 0.25) is 0 Å². The molecule has 0 spiro atoms. The molecule has 3 aromatic rings. The smallest absolute Gasteiger partial charge is 0.387 e. The lowest BCUT2D eigenvalue weighted by atomic mass is 9.82. The number of ether oxygens (including phenoxy) is 2. The van der Waals surface area contributed by atoms with Crippen LogP contribution in [0.25, 0.3) is 11.8 Å². The lowest BCUT2D eigenvalue weighted by Gasteiger charge is -2.40. The highest BCUT2D eigenvalue weighted by Crippen LogP contribution is 2.51. The normalized spacial score (nSPS) is 19.5. The molecule has 204 valence electrons. The Bertz CT molecular complexity index is 1500. The van der Waals surface area contributed by atoms with Gasteiger partial charge in [0.1, 0.15) is 11.5 Å². The molecule has 0 N–H and O–H groups in total. The highest BCUT2D eigenvalue weighted by Gasteiger charge is 2.40. The first kappa shape index (κ1) is 26.3. The molecular formula is C31H24F4N2O2S. The minimum Gasteiger partial charge on any atom is -0.435 e. The van der Waals surface area contributed by atoms with E-state index in [1.807, 2.05) is 36.4 Å². The minimum atomic E-state index is -2.89. The third-order valence-corrected chi connectivity index (χ3v) is 7.81. The summed E-state index contributed by atoms with van der Waals surface area (Å²) in [6, 6.07) is 23.3.